The van der Waals surface area contributed by atoms with Crippen LogP contribution in [0.5, 0.6) is 0 Å². The van der Waals surface area contributed by atoms with Crippen LogP contribution in [0.15, 0.2) is 64.4 Å². The van der Waals surface area contributed by atoms with Gasteiger partial charge in [-0.2, -0.15) is 5.10 Å². The second kappa shape index (κ2) is 8.85. The van der Waals surface area contributed by atoms with Gasteiger partial charge < -0.3 is 14.8 Å². The normalized spacial score (nSPS) is 14.3. The maximum Gasteiger partial charge on any atom is 0.343 e. The zero-order valence-corrected chi connectivity index (χ0v) is 18.6. The predicted molar refractivity (Wildman–Crippen MR) is 126 cm³/mol. The van der Waals surface area contributed by atoms with Crippen LogP contribution >= 0.6 is 0 Å². The molecule has 1 fully saturated rings. The van der Waals surface area contributed by atoms with E-state index < -0.39 is 0 Å². The first kappa shape index (κ1) is 21.4. The van der Waals surface area contributed by atoms with Crippen LogP contribution in [0.2, 0.25) is 0 Å². The summed E-state index contributed by atoms with van der Waals surface area (Å²) >= 11 is 0. The number of hydrogen-bond acceptors (Lipinski definition) is 5. The number of amides is 2. The molecule has 174 valence electrons. The first-order valence-electron chi connectivity index (χ1n) is 11.0. The monoisotopic (exact) mass is 460 g/mol. The van der Waals surface area contributed by atoms with Crippen LogP contribution in [0.1, 0.15) is 18.9 Å². The van der Waals surface area contributed by atoms with E-state index in [1.807, 2.05) is 30.3 Å². The summed E-state index contributed by atoms with van der Waals surface area (Å²) in [7, 11) is 1.63. The minimum Gasteiger partial charge on any atom is -0.324 e. The van der Waals surface area contributed by atoms with Crippen molar-refractivity contribution in [1.82, 2.24) is 34.4 Å². The number of pyridine rings is 1. The molecule has 1 aliphatic rings. The van der Waals surface area contributed by atoms with Crippen LogP contribution in [-0.4, -0.2) is 53.5 Å². The number of carbonyl (C=O) groups excluding carboxylic acids is 1. The van der Waals surface area contributed by atoms with Gasteiger partial charge in [0.15, 0.2) is 5.82 Å². The van der Waals surface area contributed by atoms with Crippen molar-refractivity contribution < 1.29 is 4.79 Å². The Bertz CT molecular complexity index is 1410. The molecule has 0 saturated carbocycles. The van der Waals surface area contributed by atoms with Gasteiger partial charge in [0.25, 0.3) is 5.56 Å². The van der Waals surface area contributed by atoms with E-state index in [1.165, 1.54) is 9.25 Å². The minimum absolute atomic E-state index is 0.109. The summed E-state index contributed by atoms with van der Waals surface area (Å²) < 4.78 is 2.90. The molecule has 0 atom stereocenters. The van der Waals surface area contributed by atoms with Crippen LogP contribution in [-0.2, 0) is 7.05 Å². The van der Waals surface area contributed by atoms with Gasteiger partial charge in [0.1, 0.15) is 5.69 Å². The third-order valence-electron chi connectivity index (χ3n) is 6.02. The van der Waals surface area contributed by atoms with Crippen molar-refractivity contribution in [2.24, 2.45) is 7.05 Å². The number of nitrogens with zero attached hydrogens (tertiary/aromatic N) is 5. The average molecular weight is 460 g/mol. The number of likely N-dealkylation sites (tertiary alicyclic amines) is 1. The number of nitrogens with one attached hydrogen (secondary N) is 3. The average Bonchev–Trinajstić information content (AvgIpc) is 3.53. The molecule has 3 aromatic heterocycles. The number of urea groups is 1. The van der Waals surface area contributed by atoms with Crippen molar-refractivity contribution >= 4 is 11.7 Å². The van der Waals surface area contributed by atoms with Gasteiger partial charge in [0.2, 0.25) is 0 Å². The quantitative estimate of drug-likeness (QED) is 0.429. The second-order valence-corrected chi connectivity index (χ2v) is 8.27. The summed E-state index contributed by atoms with van der Waals surface area (Å²) in [6, 6.07) is 12.4. The maximum atomic E-state index is 12.9. The fourth-order valence-electron chi connectivity index (χ4n) is 4.18. The van der Waals surface area contributed by atoms with Crippen LogP contribution in [0.3, 0.4) is 0 Å². The number of hydrogen-bond donors (Lipinski definition) is 3. The highest BCUT2D eigenvalue weighted by Gasteiger charge is 2.26. The highest BCUT2D eigenvalue weighted by atomic mass is 16.2. The number of benzene rings is 1. The van der Waals surface area contributed by atoms with E-state index in [-0.39, 0.29) is 29.0 Å². The summed E-state index contributed by atoms with van der Waals surface area (Å²) in [5, 5.41) is 14.0. The lowest BCUT2D eigenvalue weighted by atomic mass is 10.1. The van der Waals surface area contributed by atoms with Gasteiger partial charge in [0.05, 0.1) is 11.7 Å². The molecule has 4 aromatic rings. The lowest BCUT2D eigenvalue weighted by Crippen LogP contribution is -2.43. The van der Waals surface area contributed by atoms with Crippen molar-refractivity contribution in [2.45, 2.75) is 18.9 Å². The standard InChI is InChI=1S/C23H24N8O3/c1-29-14-16(18-7-10-24-27-18)13-19(21(29)32)25-22(33)30-11-8-17(9-12-30)31-23(34)26-20(28-31)15-5-3-2-4-6-15/h2-7,10,13-14,17H,8-9,11-12H2,1H3,(H,24,27)(H,25,33)(H,26,28,34). The van der Waals surface area contributed by atoms with Crippen LogP contribution in [0, 0.1) is 0 Å². The molecule has 1 aromatic carbocycles. The highest BCUT2D eigenvalue weighted by Crippen LogP contribution is 2.23. The number of carbonyl (C=O) groups is 1. The van der Waals surface area contributed by atoms with Gasteiger partial charge in [-0.1, -0.05) is 30.3 Å². The molecular formula is C23H24N8O3. The van der Waals surface area contributed by atoms with Crippen LogP contribution < -0.4 is 16.6 Å². The molecule has 1 saturated heterocycles. The largest absolute Gasteiger partial charge is 0.343 e. The number of anilines is 1. The van der Waals surface area contributed by atoms with Crippen LogP contribution in [0.4, 0.5) is 10.5 Å². The van der Waals surface area contributed by atoms with E-state index in [0.717, 1.165) is 16.8 Å². The summed E-state index contributed by atoms with van der Waals surface area (Å²) in [5.41, 5.74) is 1.95. The molecule has 1 aliphatic heterocycles. The maximum absolute atomic E-state index is 12.9. The Morgan fingerprint density at radius 2 is 1.85 bits per heavy atom. The molecule has 0 spiro atoms. The van der Waals surface area contributed by atoms with Gasteiger partial charge in [-0.3, -0.25) is 14.9 Å². The molecule has 11 heteroatoms. The molecule has 34 heavy (non-hydrogen) atoms. The Labute approximate surface area is 194 Å². The molecule has 5 rings (SSSR count). The topological polar surface area (TPSA) is 134 Å². The first-order valence-corrected chi connectivity index (χ1v) is 11.0. The smallest absolute Gasteiger partial charge is 0.324 e. The molecule has 0 unspecified atom stereocenters. The van der Waals surface area contributed by atoms with Crippen molar-refractivity contribution in [1.29, 1.82) is 0 Å². The molecule has 3 N–H and O–H groups in total. The molecule has 2 amide bonds. The van der Waals surface area contributed by atoms with Crippen molar-refractivity contribution in [3.63, 3.8) is 0 Å². The molecule has 11 nitrogen and oxygen atoms in total. The number of aryl methyl sites for hydroxylation is 1. The summed E-state index contributed by atoms with van der Waals surface area (Å²) in [5.74, 6) is 0.527. The van der Waals surface area contributed by atoms with Crippen LogP contribution in [0.25, 0.3) is 22.6 Å². The lowest BCUT2D eigenvalue weighted by Gasteiger charge is -2.31. The molecule has 0 bridgehead atoms. The van der Waals surface area contributed by atoms with E-state index in [9.17, 15) is 14.4 Å². The third-order valence-corrected chi connectivity index (χ3v) is 6.02. The van der Waals surface area contributed by atoms with E-state index in [2.05, 4.69) is 25.6 Å². The van der Waals surface area contributed by atoms with Gasteiger partial charge in [0, 0.05) is 43.7 Å². The highest BCUT2D eigenvalue weighted by molar-refractivity contribution is 5.89. The Morgan fingerprint density at radius 1 is 1.09 bits per heavy atom. The number of H-pyrrole nitrogens is 2. The van der Waals surface area contributed by atoms with Gasteiger partial charge >= 0.3 is 11.7 Å². The fraction of sp³-hybridized carbons (Fsp3) is 0.261. The van der Waals surface area contributed by atoms with Crippen molar-refractivity contribution in [2.75, 3.05) is 18.4 Å². The van der Waals surface area contributed by atoms with E-state index in [1.54, 1.807) is 36.5 Å². The zero-order valence-electron chi connectivity index (χ0n) is 18.6. The van der Waals surface area contributed by atoms with E-state index in [0.29, 0.717) is 31.8 Å². The fourth-order valence-corrected chi connectivity index (χ4v) is 4.18. The number of aromatic nitrogens is 6. The SMILES string of the molecule is Cn1cc(-c2ccn[nH]2)cc(NC(=O)N2CCC(n3nc(-c4ccccc4)[nH]c3=O)CC2)c1=O. The Hall–Kier alpha value is -4.41. The summed E-state index contributed by atoms with van der Waals surface area (Å²) in [6.45, 7) is 0.883. The van der Waals surface area contributed by atoms with E-state index >= 15 is 0 Å². The second-order valence-electron chi connectivity index (χ2n) is 8.27. The predicted octanol–water partition coefficient (Wildman–Crippen LogP) is 2.20. The third kappa shape index (κ3) is 4.15. The van der Waals surface area contributed by atoms with Gasteiger partial charge in [-0.05, 0) is 25.0 Å². The lowest BCUT2D eigenvalue weighted by molar-refractivity contribution is 0.179. The van der Waals surface area contributed by atoms with Gasteiger partial charge in [-0.25, -0.2) is 14.3 Å². The Morgan fingerprint density at radius 3 is 2.56 bits per heavy atom. The zero-order chi connectivity index (χ0) is 23.7. The van der Waals surface area contributed by atoms with Gasteiger partial charge in [-0.15, -0.1) is 5.10 Å². The summed E-state index contributed by atoms with van der Waals surface area (Å²) in [4.78, 5) is 42.4. The molecule has 0 aliphatic carbocycles. The van der Waals surface area contributed by atoms with Crippen molar-refractivity contribution in [3.05, 3.63) is 75.7 Å². The first-order chi connectivity index (χ1) is 16.5. The minimum atomic E-state index is -0.350. The Balaban J connectivity index is 1.26. The molecular weight excluding hydrogens is 436 g/mol. The number of rotatable bonds is 4. The van der Waals surface area contributed by atoms with E-state index in [4.69, 9.17) is 0 Å². The summed E-state index contributed by atoms with van der Waals surface area (Å²) in [6.07, 6.45) is 4.47. The number of aromatic amines is 2. The Kier molecular flexibility index (Phi) is 5.58. The molecule has 0 radical (unpaired) electrons. The number of piperidine rings is 1. The van der Waals surface area contributed by atoms with Crippen molar-refractivity contribution in [3.8, 4) is 22.6 Å². The molecule has 4 heterocycles.